The highest BCUT2D eigenvalue weighted by molar-refractivity contribution is 7.98. The zero-order valence-corrected chi connectivity index (χ0v) is 22.1. The van der Waals surface area contributed by atoms with Crippen molar-refractivity contribution in [3.63, 3.8) is 0 Å². The second kappa shape index (κ2) is 9.73. The normalized spacial score (nSPS) is 12.6. The van der Waals surface area contributed by atoms with Crippen molar-refractivity contribution in [2.24, 2.45) is 0 Å². The minimum absolute atomic E-state index is 0.252. The lowest BCUT2D eigenvalue weighted by Gasteiger charge is -2.28. The molecule has 0 spiro atoms. The van der Waals surface area contributed by atoms with Crippen molar-refractivity contribution in [3.8, 4) is 17.2 Å². The number of rotatable bonds is 5. The Morgan fingerprint density at radius 1 is 0.800 bits per heavy atom. The molecule has 7 nitrogen and oxygen atoms in total. The second-order valence-corrected chi connectivity index (χ2v) is 10.3. The van der Waals surface area contributed by atoms with Gasteiger partial charge in [0.25, 0.3) is 0 Å². The SMILES string of the molecule is COc1ccc(C2c3c(c4ccccc4oc3=O)Oc3c2c(=O)oc2ccccc32)cc1CSc1ccccn1. The number of methoxy groups -OCH3 is 1. The van der Waals surface area contributed by atoms with Crippen LogP contribution in [-0.2, 0) is 5.75 Å². The maximum Gasteiger partial charge on any atom is 0.344 e. The zero-order chi connectivity index (χ0) is 27.2. The van der Waals surface area contributed by atoms with E-state index in [9.17, 15) is 9.59 Å². The Bertz CT molecular complexity index is 1930. The van der Waals surface area contributed by atoms with Gasteiger partial charge in [0.2, 0.25) is 0 Å². The number of hydrogen-bond acceptors (Lipinski definition) is 8. The third-order valence-corrected chi connectivity index (χ3v) is 8.02. The van der Waals surface area contributed by atoms with E-state index in [0.29, 0.717) is 50.5 Å². The third kappa shape index (κ3) is 3.96. The van der Waals surface area contributed by atoms with E-state index in [4.69, 9.17) is 18.3 Å². The first kappa shape index (κ1) is 24.2. The molecule has 6 aromatic rings. The summed E-state index contributed by atoms with van der Waals surface area (Å²) in [7, 11) is 1.62. The highest BCUT2D eigenvalue weighted by atomic mass is 32.2. The summed E-state index contributed by atoms with van der Waals surface area (Å²) in [6.07, 6.45) is 1.75. The summed E-state index contributed by atoms with van der Waals surface area (Å²) in [5, 5.41) is 2.16. The van der Waals surface area contributed by atoms with E-state index in [2.05, 4.69) is 4.98 Å². The maximum atomic E-state index is 13.5. The average Bonchev–Trinajstić information content (AvgIpc) is 2.99. The van der Waals surface area contributed by atoms with Crippen molar-refractivity contribution in [2.75, 3.05) is 7.11 Å². The molecule has 0 atom stereocenters. The summed E-state index contributed by atoms with van der Waals surface area (Å²) >= 11 is 1.56. The van der Waals surface area contributed by atoms with E-state index in [-0.39, 0.29) is 11.1 Å². The van der Waals surface area contributed by atoms with Crippen molar-refractivity contribution in [1.29, 1.82) is 0 Å². The number of ether oxygens (including phenoxy) is 2. The summed E-state index contributed by atoms with van der Waals surface area (Å²) in [5.74, 6) is 1.22. The molecule has 3 aromatic heterocycles. The molecule has 4 heterocycles. The molecule has 8 heteroatoms. The van der Waals surface area contributed by atoms with Gasteiger partial charge in [0, 0.05) is 17.5 Å². The van der Waals surface area contributed by atoms with Gasteiger partial charge in [0.15, 0.2) is 0 Å². The molecular formula is C32H21NO6S. The number of fused-ring (bicyclic) bond motifs is 6. The van der Waals surface area contributed by atoms with Crippen molar-refractivity contribution in [1.82, 2.24) is 4.98 Å². The molecule has 0 fully saturated rings. The van der Waals surface area contributed by atoms with Gasteiger partial charge in [-0.05, 0) is 48.0 Å². The van der Waals surface area contributed by atoms with E-state index in [0.717, 1.165) is 10.6 Å². The molecule has 0 unspecified atom stereocenters. The van der Waals surface area contributed by atoms with Crippen molar-refractivity contribution < 1.29 is 18.3 Å². The van der Waals surface area contributed by atoms with Gasteiger partial charge in [-0.1, -0.05) is 42.5 Å². The van der Waals surface area contributed by atoms with E-state index < -0.39 is 17.2 Å². The zero-order valence-electron chi connectivity index (χ0n) is 21.2. The number of pyridine rings is 1. The highest BCUT2D eigenvalue weighted by Crippen LogP contribution is 2.50. The second-order valence-electron chi connectivity index (χ2n) is 9.32. The van der Waals surface area contributed by atoms with Crippen LogP contribution in [0, 0.1) is 0 Å². The molecule has 7 rings (SSSR count). The predicted octanol–water partition coefficient (Wildman–Crippen LogP) is 6.88. The maximum absolute atomic E-state index is 13.5. The molecule has 0 saturated heterocycles. The number of aromatic nitrogens is 1. The summed E-state index contributed by atoms with van der Waals surface area (Å²) in [6, 6.07) is 25.9. The summed E-state index contributed by atoms with van der Waals surface area (Å²) in [6.45, 7) is 0. The molecule has 0 amide bonds. The molecule has 0 N–H and O–H groups in total. The molecule has 0 radical (unpaired) electrons. The van der Waals surface area contributed by atoms with Gasteiger partial charge in [-0.25, -0.2) is 14.6 Å². The Labute approximate surface area is 232 Å². The number of nitrogens with zero attached hydrogens (tertiary/aromatic N) is 1. The minimum Gasteiger partial charge on any atom is -0.496 e. The fraction of sp³-hybridized carbons (Fsp3) is 0.0938. The van der Waals surface area contributed by atoms with E-state index in [1.807, 2.05) is 60.7 Å². The predicted molar refractivity (Wildman–Crippen MR) is 153 cm³/mol. The molecule has 3 aromatic carbocycles. The molecule has 196 valence electrons. The number of hydrogen-bond donors (Lipinski definition) is 0. The molecule has 1 aliphatic heterocycles. The highest BCUT2D eigenvalue weighted by Gasteiger charge is 2.38. The topological polar surface area (TPSA) is 91.8 Å². The van der Waals surface area contributed by atoms with Crippen molar-refractivity contribution in [2.45, 2.75) is 16.7 Å². The Balaban J connectivity index is 1.48. The van der Waals surface area contributed by atoms with Gasteiger partial charge in [-0.3, -0.25) is 0 Å². The van der Waals surface area contributed by atoms with Crippen LogP contribution in [0.5, 0.6) is 17.2 Å². The van der Waals surface area contributed by atoms with Crippen LogP contribution in [0.25, 0.3) is 21.9 Å². The summed E-state index contributed by atoms with van der Waals surface area (Å²) in [5.41, 5.74) is 1.78. The lowest BCUT2D eigenvalue weighted by atomic mass is 9.82. The van der Waals surface area contributed by atoms with Crippen LogP contribution in [0.2, 0.25) is 0 Å². The lowest BCUT2D eigenvalue weighted by Crippen LogP contribution is -2.26. The number of benzene rings is 3. The fourth-order valence-electron chi connectivity index (χ4n) is 5.24. The Hall–Kier alpha value is -4.82. The number of para-hydroxylation sites is 2. The van der Waals surface area contributed by atoms with Crippen LogP contribution in [-0.4, -0.2) is 12.1 Å². The molecule has 0 saturated carbocycles. The molecule has 1 aliphatic rings. The average molecular weight is 548 g/mol. The third-order valence-electron chi connectivity index (χ3n) is 7.03. The van der Waals surface area contributed by atoms with Crippen molar-refractivity contribution in [3.05, 3.63) is 134 Å². The smallest absolute Gasteiger partial charge is 0.344 e. The van der Waals surface area contributed by atoms with Crippen LogP contribution >= 0.6 is 11.8 Å². The van der Waals surface area contributed by atoms with Gasteiger partial charge in [-0.2, -0.15) is 0 Å². The van der Waals surface area contributed by atoms with Gasteiger partial charge in [0.05, 0.1) is 40.0 Å². The van der Waals surface area contributed by atoms with Crippen molar-refractivity contribution >= 4 is 33.7 Å². The van der Waals surface area contributed by atoms with E-state index in [1.54, 1.807) is 49.3 Å². The van der Waals surface area contributed by atoms with Crippen LogP contribution < -0.4 is 20.7 Å². The van der Waals surface area contributed by atoms with E-state index >= 15 is 0 Å². The Kier molecular flexibility index (Phi) is 5.90. The first-order valence-electron chi connectivity index (χ1n) is 12.6. The Morgan fingerprint density at radius 3 is 2.02 bits per heavy atom. The fourth-order valence-corrected chi connectivity index (χ4v) is 6.08. The quantitative estimate of drug-likeness (QED) is 0.170. The first-order chi connectivity index (χ1) is 19.6. The minimum atomic E-state index is -0.787. The monoisotopic (exact) mass is 547 g/mol. The molecular weight excluding hydrogens is 526 g/mol. The van der Waals surface area contributed by atoms with Crippen LogP contribution in [0.4, 0.5) is 0 Å². The van der Waals surface area contributed by atoms with Gasteiger partial charge in [-0.15, -0.1) is 11.8 Å². The largest absolute Gasteiger partial charge is 0.496 e. The summed E-state index contributed by atoms with van der Waals surface area (Å²) in [4.78, 5) is 31.5. The van der Waals surface area contributed by atoms with Gasteiger partial charge in [0.1, 0.15) is 28.4 Å². The van der Waals surface area contributed by atoms with Gasteiger partial charge >= 0.3 is 11.3 Å². The van der Waals surface area contributed by atoms with Crippen LogP contribution in [0.1, 0.15) is 28.2 Å². The molecule has 40 heavy (non-hydrogen) atoms. The number of thioether (sulfide) groups is 1. The van der Waals surface area contributed by atoms with Gasteiger partial charge < -0.3 is 18.3 Å². The molecule has 0 aliphatic carbocycles. The van der Waals surface area contributed by atoms with Crippen LogP contribution in [0.15, 0.2) is 115 Å². The lowest BCUT2D eigenvalue weighted by molar-refractivity contribution is 0.410. The van der Waals surface area contributed by atoms with Crippen LogP contribution in [0.3, 0.4) is 0 Å². The first-order valence-corrected chi connectivity index (χ1v) is 13.6. The molecule has 0 bridgehead atoms. The van der Waals surface area contributed by atoms with E-state index in [1.165, 1.54) is 0 Å². The standard InChI is InChI=1S/C32H21NO6S/c1-36-22-14-13-18(16-19(22)17-40-25-12-6-7-15-33-25)26-27-29(20-8-2-4-10-23(20)37-31(27)34)39-30-21-9-3-5-11-24(21)38-32(35)28(26)30/h2-16,26H,17H2,1H3. The summed E-state index contributed by atoms with van der Waals surface area (Å²) < 4.78 is 23.6. The Morgan fingerprint density at radius 2 is 1.43 bits per heavy atom.